The van der Waals surface area contributed by atoms with Crippen molar-refractivity contribution in [3.05, 3.63) is 24.0 Å². The Morgan fingerprint density at radius 2 is 2.39 bits per heavy atom. The first-order valence-corrected chi connectivity index (χ1v) is 6.05. The van der Waals surface area contributed by atoms with Gasteiger partial charge >= 0.3 is 0 Å². The maximum absolute atomic E-state index is 11.5. The van der Waals surface area contributed by atoms with Gasteiger partial charge < -0.3 is 10.6 Å². The fraction of sp³-hybridized carbons (Fsp3) is 0.462. The molecule has 96 valence electrons. The lowest BCUT2D eigenvalue weighted by molar-refractivity contribution is -0.121. The molecule has 18 heavy (non-hydrogen) atoms. The molecule has 1 amide bonds. The molecule has 0 radical (unpaired) electrons. The Labute approximate surface area is 107 Å². The first-order chi connectivity index (χ1) is 8.65. The molecule has 1 aromatic rings. The Hall–Kier alpha value is -2.09. The van der Waals surface area contributed by atoms with Crippen LogP contribution in [0.3, 0.4) is 0 Å². The average Bonchev–Trinajstić information content (AvgIpc) is 2.38. The highest BCUT2D eigenvalue weighted by Crippen LogP contribution is 2.06. The van der Waals surface area contributed by atoms with Gasteiger partial charge in [-0.2, -0.15) is 5.26 Å². The summed E-state index contributed by atoms with van der Waals surface area (Å²) >= 11 is 0. The van der Waals surface area contributed by atoms with Crippen molar-refractivity contribution in [1.82, 2.24) is 10.3 Å². The number of nitrogens with one attached hydrogen (secondary N) is 2. The zero-order chi connectivity index (χ0) is 13.4. The zero-order valence-corrected chi connectivity index (χ0v) is 10.7. The van der Waals surface area contributed by atoms with Gasteiger partial charge in [0, 0.05) is 30.9 Å². The molecule has 2 N–H and O–H groups in total. The largest absolute Gasteiger partial charge is 0.384 e. The van der Waals surface area contributed by atoms with Crippen LogP contribution in [-0.2, 0) is 4.79 Å². The molecule has 1 unspecified atom stereocenters. The van der Waals surface area contributed by atoms with Crippen LogP contribution in [-0.4, -0.2) is 23.5 Å². The van der Waals surface area contributed by atoms with Crippen molar-refractivity contribution in [3.63, 3.8) is 0 Å². The molecule has 0 bridgehead atoms. The predicted molar refractivity (Wildman–Crippen MR) is 70.0 cm³/mol. The fourth-order valence-corrected chi connectivity index (χ4v) is 1.37. The van der Waals surface area contributed by atoms with Gasteiger partial charge in [0.15, 0.2) is 0 Å². The second-order valence-electron chi connectivity index (χ2n) is 4.10. The fourth-order valence-electron chi connectivity index (χ4n) is 1.37. The van der Waals surface area contributed by atoms with E-state index in [1.165, 1.54) is 0 Å². The smallest absolute Gasteiger partial charge is 0.221 e. The number of anilines is 1. The first-order valence-electron chi connectivity index (χ1n) is 6.05. The van der Waals surface area contributed by atoms with Gasteiger partial charge in [-0.1, -0.05) is 6.92 Å². The van der Waals surface area contributed by atoms with E-state index in [0.29, 0.717) is 18.7 Å². The lowest BCUT2D eigenvalue weighted by atomic mass is 10.2. The molecule has 5 heteroatoms. The average molecular weight is 246 g/mol. The van der Waals surface area contributed by atoms with Crippen molar-refractivity contribution < 1.29 is 4.79 Å². The van der Waals surface area contributed by atoms with Crippen LogP contribution < -0.4 is 10.6 Å². The first kappa shape index (κ1) is 14.0. The third-order valence-electron chi connectivity index (χ3n) is 2.58. The minimum atomic E-state index is 0.0337. The highest BCUT2D eigenvalue weighted by molar-refractivity contribution is 5.76. The van der Waals surface area contributed by atoms with Gasteiger partial charge in [-0.25, -0.2) is 4.98 Å². The lowest BCUT2D eigenvalue weighted by Crippen LogP contribution is -2.32. The summed E-state index contributed by atoms with van der Waals surface area (Å²) in [7, 11) is 0. The van der Waals surface area contributed by atoms with Crippen molar-refractivity contribution in [2.24, 2.45) is 0 Å². The van der Waals surface area contributed by atoms with Gasteiger partial charge in [0.2, 0.25) is 5.91 Å². The summed E-state index contributed by atoms with van der Waals surface area (Å²) < 4.78 is 0. The Morgan fingerprint density at radius 3 is 3.06 bits per heavy atom. The normalized spacial score (nSPS) is 11.4. The Balaban J connectivity index is 2.33. The van der Waals surface area contributed by atoms with Gasteiger partial charge in [-0.15, -0.1) is 0 Å². The van der Waals surface area contributed by atoms with Gasteiger partial charge in [-0.3, -0.25) is 4.79 Å². The number of pyridine rings is 1. The predicted octanol–water partition coefficient (Wildman–Crippen LogP) is 1.67. The highest BCUT2D eigenvalue weighted by Gasteiger charge is 2.04. The summed E-state index contributed by atoms with van der Waals surface area (Å²) in [5.74, 6) is 0.0337. The second kappa shape index (κ2) is 7.28. The van der Waals surface area contributed by atoms with E-state index in [1.807, 2.05) is 19.9 Å². The third-order valence-corrected chi connectivity index (χ3v) is 2.58. The zero-order valence-electron chi connectivity index (χ0n) is 10.7. The summed E-state index contributed by atoms with van der Waals surface area (Å²) in [6, 6.07) is 5.61. The van der Waals surface area contributed by atoms with Gasteiger partial charge in [0.05, 0.1) is 0 Å². The van der Waals surface area contributed by atoms with Crippen LogP contribution in [0, 0.1) is 11.3 Å². The molecule has 1 atom stereocenters. The van der Waals surface area contributed by atoms with E-state index in [-0.39, 0.29) is 11.9 Å². The number of hydrogen-bond acceptors (Lipinski definition) is 4. The second-order valence-corrected chi connectivity index (χ2v) is 4.10. The number of nitrogens with zero attached hydrogens (tertiary/aromatic N) is 2. The van der Waals surface area contributed by atoms with Crippen LogP contribution >= 0.6 is 0 Å². The Morgan fingerprint density at radius 1 is 1.61 bits per heavy atom. The quantitative estimate of drug-likeness (QED) is 0.800. The number of aromatic nitrogens is 1. The Kier molecular flexibility index (Phi) is 5.65. The summed E-state index contributed by atoms with van der Waals surface area (Å²) in [4.78, 5) is 15.4. The van der Waals surface area contributed by atoms with Crippen LogP contribution in [0.5, 0.6) is 0 Å². The maximum Gasteiger partial charge on any atom is 0.221 e. The standard InChI is InChI=1S/C13H18N4O/c1-3-10(2)17-13(18)5-7-15-11-4-6-16-12(8-11)9-14/h4,6,8,10H,3,5,7H2,1-2H3,(H,15,16)(H,17,18). The van der Waals surface area contributed by atoms with E-state index in [4.69, 9.17) is 5.26 Å². The van der Waals surface area contributed by atoms with E-state index in [0.717, 1.165) is 12.1 Å². The minimum Gasteiger partial charge on any atom is -0.384 e. The van der Waals surface area contributed by atoms with E-state index in [1.54, 1.807) is 18.3 Å². The highest BCUT2D eigenvalue weighted by atomic mass is 16.1. The molecular formula is C13H18N4O. The topological polar surface area (TPSA) is 77.8 Å². The number of nitriles is 1. The number of amides is 1. The van der Waals surface area contributed by atoms with E-state index in [2.05, 4.69) is 15.6 Å². The molecule has 0 aliphatic heterocycles. The van der Waals surface area contributed by atoms with Crippen molar-refractivity contribution in [2.75, 3.05) is 11.9 Å². The molecule has 0 saturated carbocycles. The molecule has 1 rings (SSSR count). The molecule has 0 aliphatic carbocycles. The number of rotatable bonds is 6. The molecule has 1 aromatic heterocycles. The lowest BCUT2D eigenvalue weighted by Gasteiger charge is -2.11. The minimum absolute atomic E-state index is 0.0337. The van der Waals surface area contributed by atoms with Gasteiger partial charge in [0.1, 0.15) is 11.8 Å². The summed E-state index contributed by atoms with van der Waals surface area (Å²) in [5, 5.41) is 14.7. The molecule has 0 fully saturated rings. The van der Waals surface area contributed by atoms with Crippen molar-refractivity contribution in [2.45, 2.75) is 32.7 Å². The molecule has 5 nitrogen and oxygen atoms in total. The maximum atomic E-state index is 11.5. The number of carbonyl (C=O) groups excluding carboxylic acids is 1. The summed E-state index contributed by atoms with van der Waals surface area (Å²) in [6.45, 7) is 4.55. The Bertz CT molecular complexity index is 439. The van der Waals surface area contributed by atoms with E-state index < -0.39 is 0 Å². The number of hydrogen-bond donors (Lipinski definition) is 2. The molecule has 0 saturated heterocycles. The third kappa shape index (κ3) is 4.83. The van der Waals surface area contributed by atoms with Crippen LogP contribution in [0.2, 0.25) is 0 Å². The van der Waals surface area contributed by atoms with Crippen molar-refractivity contribution >= 4 is 11.6 Å². The van der Waals surface area contributed by atoms with Crippen LogP contribution in [0.25, 0.3) is 0 Å². The SMILES string of the molecule is CCC(C)NC(=O)CCNc1ccnc(C#N)c1. The molecular weight excluding hydrogens is 228 g/mol. The van der Waals surface area contributed by atoms with E-state index >= 15 is 0 Å². The number of carbonyl (C=O) groups is 1. The van der Waals surface area contributed by atoms with E-state index in [9.17, 15) is 4.79 Å². The molecule has 0 spiro atoms. The molecule has 0 aromatic carbocycles. The van der Waals surface area contributed by atoms with Gasteiger partial charge in [-0.05, 0) is 25.5 Å². The molecule has 1 heterocycles. The van der Waals surface area contributed by atoms with Crippen LogP contribution in [0.4, 0.5) is 5.69 Å². The van der Waals surface area contributed by atoms with Crippen LogP contribution in [0.1, 0.15) is 32.4 Å². The van der Waals surface area contributed by atoms with Crippen LogP contribution in [0.15, 0.2) is 18.3 Å². The monoisotopic (exact) mass is 246 g/mol. The summed E-state index contributed by atoms with van der Waals surface area (Å²) in [6.07, 6.45) is 2.91. The van der Waals surface area contributed by atoms with Crippen molar-refractivity contribution in [3.8, 4) is 6.07 Å². The van der Waals surface area contributed by atoms with Gasteiger partial charge in [0.25, 0.3) is 0 Å². The van der Waals surface area contributed by atoms with Crippen molar-refractivity contribution in [1.29, 1.82) is 5.26 Å². The molecule has 0 aliphatic rings. The summed E-state index contributed by atoms with van der Waals surface area (Å²) in [5.41, 5.74) is 1.17.